The molecule has 2 rings (SSSR count). The van der Waals surface area contributed by atoms with Crippen LogP contribution in [0.2, 0.25) is 0 Å². The van der Waals surface area contributed by atoms with E-state index in [0.29, 0.717) is 15.6 Å². The third-order valence-electron chi connectivity index (χ3n) is 3.82. The number of nitrogens with one attached hydrogen (secondary N) is 1. The number of hydrogen-bond acceptors (Lipinski definition) is 2. The zero-order valence-corrected chi connectivity index (χ0v) is 16.6. The van der Waals surface area contributed by atoms with Gasteiger partial charge in [-0.05, 0) is 73.0 Å². The molecule has 0 aliphatic rings. The number of amides is 2. The first-order valence-electron chi connectivity index (χ1n) is 8.23. The molecule has 0 fully saturated rings. The van der Waals surface area contributed by atoms with E-state index in [1.165, 1.54) is 5.01 Å². The molecule has 132 valence electrons. The van der Waals surface area contributed by atoms with Crippen LogP contribution in [-0.2, 0) is 6.42 Å². The second-order valence-corrected chi connectivity index (χ2v) is 7.64. The van der Waals surface area contributed by atoms with E-state index in [1.807, 2.05) is 39.0 Å². The molecule has 1 N–H and O–H groups in total. The summed E-state index contributed by atoms with van der Waals surface area (Å²) in [6.07, 6.45) is 0.913. The van der Waals surface area contributed by atoms with Crippen LogP contribution >= 0.6 is 15.9 Å². The van der Waals surface area contributed by atoms with Crippen molar-refractivity contribution in [2.24, 2.45) is 0 Å². The Morgan fingerprint density at radius 2 is 1.64 bits per heavy atom. The van der Waals surface area contributed by atoms with E-state index in [2.05, 4.69) is 28.3 Å². The quantitative estimate of drug-likeness (QED) is 0.762. The van der Waals surface area contributed by atoms with E-state index in [9.17, 15) is 9.59 Å². The van der Waals surface area contributed by atoms with Crippen molar-refractivity contribution in [3.05, 3.63) is 69.7 Å². The van der Waals surface area contributed by atoms with E-state index in [4.69, 9.17) is 0 Å². The Balaban J connectivity index is 2.27. The van der Waals surface area contributed by atoms with Crippen LogP contribution in [0.3, 0.4) is 0 Å². The van der Waals surface area contributed by atoms with Gasteiger partial charge in [0.1, 0.15) is 0 Å². The predicted molar refractivity (Wildman–Crippen MR) is 103 cm³/mol. The van der Waals surface area contributed by atoms with Crippen LogP contribution in [0.15, 0.2) is 53.0 Å². The Morgan fingerprint density at radius 1 is 1.04 bits per heavy atom. The van der Waals surface area contributed by atoms with Gasteiger partial charge >= 0.3 is 0 Å². The molecule has 0 atom stereocenters. The molecule has 0 aliphatic carbocycles. The van der Waals surface area contributed by atoms with Crippen molar-refractivity contribution >= 4 is 27.7 Å². The second-order valence-electron chi connectivity index (χ2n) is 6.78. The van der Waals surface area contributed by atoms with Gasteiger partial charge in [-0.2, -0.15) is 0 Å². The Bertz CT molecular complexity index is 764. The average molecular weight is 403 g/mol. The molecule has 0 radical (unpaired) electrons. The van der Waals surface area contributed by atoms with Gasteiger partial charge < -0.3 is 0 Å². The summed E-state index contributed by atoms with van der Waals surface area (Å²) in [5.41, 5.74) is 4.36. The van der Waals surface area contributed by atoms with Gasteiger partial charge in [-0.25, -0.2) is 5.01 Å². The molecule has 0 spiro atoms. The lowest BCUT2D eigenvalue weighted by atomic mass is 10.1. The van der Waals surface area contributed by atoms with Crippen molar-refractivity contribution in [3.8, 4) is 0 Å². The minimum atomic E-state index is -0.578. The third kappa shape index (κ3) is 4.69. The van der Waals surface area contributed by atoms with Crippen LogP contribution in [0.5, 0.6) is 0 Å². The van der Waals surface area contributed by atoms with Crippen LogP contribution in [0.1, 0.15) is 54.0 Å². The molecule has 0 saturated carbocycles. The minimum absolute atomic E-state index is 0.265. The highest BCUT2D eigenvalue weighted by molar-refractivity contribution is 9.10. The monoisotopic (exact) mass is 402 g/mol. The number of hydrazine groups is 1. The number of carbonyl (C=O) groups excluding carboxylic acids is 2. The first-order valence-corrected chi connectivity index (χ1v) is 9.02. The number of hydrogen-bond donors (Lipinski definition) is 1. The number of benzene rings is 2. The molecule has 0 unspecified atom stereocenters. The Morgan fingerprint density at radius 3 is 2.16 bits per heavy atom. The van der Waals surface area contributed by atoms with Crippen molar-refractivity contribution < 1.29 is 9.59 Å². The maximum Gasteiger partial charge on any atom is 0.273 e. The average Bonchev–Trinajstić information content (AvgIpc) is 2.58. The fraction of sp³-hybridized carbons (Fsp3) is 0.300. The molecule has 2 aromatic carbocycles. The number of rotatable bonds is 3. The molecule has 2 amide bonds. The van der Waals surface area contributed by atoms with E-state index in [0.717, 1.165) is 12.0 Å². The van der Waals surface area contributed by atoms with Gasteiger partial charge in [0.2, 0.25) is 0 Å². The van der Waals surface area contributed by atoms with Gasteiger partial charge in [-0.1, -0.05) is 31.2 Å². The summed E-state index contributed by atoms with van der Waals surface area (Å²) in [6, 6.07) is 14.6. The summed E-state index contributed by atoms with van der Waals surface area (Å²) in [4.78, 5) is 25.6. The van der Waals surface area contributed by atoms with Crippen LogP contribution in [0, 0.1) is 0 Å². The fourth-order valence-electron chi connectivity index (χ4n) is 2.34. The van der Waals surface area contributed by atoms with Gasteiger partial charge in [0.05, 0.1) is 11.1 Å². The summed E-state index contributed by atoms with van der Waals surface area (Å²) < 4.78 is 0.691. The first-order chi connectivity index (χ1) is 11.7. The van der Waals surface area contributed by atoms with Gasteiger partial charge in [0.25, 0.3) is 11.8 Å². The number of carbonyl (C=O) groups is 2. The largest absolute Gasteiger partial charge is 0.273 e. The SMILES string of the molecule is CCc1ccc(C(=O)NN(C(=O)c2ccccc2Br)C(C)(C)C)cc1. The molecule has 0 aliphatic heterocycles. The number of aryl methyl sites for hydroxylation is 1. The normalized spacial score (nSPS) is 11.1. The molecule has 0 heterocycles. The van der Waals surface area contributed by atoms with E-state index < -0.39 is 5.54 Å². The highest BCUT2D eigenvalue weighted by atomic mass is 79.9. The number of halogens is 1. The van der Waals surface area contributed by atoms with Gasteiger partial charge in [0.15, 0.2) is 0 Å². The smallest absolute Gasteiger partial charge is 0.267 e. The Hall–Kier alpha value is -2.14. The topological polar surface area (TPSA) is 49.4 Å². The molecule has 5 heteroatoms. The third-order valence-corrected chi connectivity index (χ3v) is 4.51. The molecule has 2 aromatic rings. The highest BCUT2D eigenvalue weighted by Crippen LogP contribution is 2.21. The van der Waals surface area contributed by atoms with Crippen LogP contribution < -0.4 is 5.43 Å². The van der Waals surface area contributed by atoms with Crippen LogP contribution in [0.4, 0.5) is 0 Å². The van der Waals surface area contributed by atoms with Crippen molar-refractivity contribution in [1.29, 1.82) is 0 Å². The minimum Gasteiger partial charge on any atom is -0.267 e. The first kappa shape index (κ1) is 19.2. The standard InChI is InChI=1S/C20H23BrN2O2/c1-5-14-10-12-15(13-11-14)18(24)22-23(20(2,3)4)19(25)16-8-6-7-9-17(16)21/h6-13H,5H2,1-4H3,(H,22,24). The van der Waals surface area contributed by atoms with Gasteiger partial charge in [-0.3, -0.25) is 15.0 Å². The van der Waals surface area contributed by atoms with E-state index >= 15 is 0 Å². The van der Waals surface area contributed by atoms with Crippen molar-refractivity contribution in [3.63, 3.8) is 0 Å². The zero-order valence-electron chi connectivity index (χ0n) is 15.0. The maximum absolute atomic E-state index is 13.0. The summed E-state index contributed by atoms with van der Waals surface area (Å²) >= 11 is 3.40. The molecule has 0 aromatic heterocycles. The Kier molecular flexibility index (Phi) is 6.01. The molecular weight excluding hydrogens is 380 g/mol. The second kappa shape index (κ2) is 7.83. The fourth-order valence-corrected chi connectivity index (χ4v) is 2.79. The lowest BCUT2D eigenvalue weighted by Crippen LogP contribution is -2.56. The summed E-state index contributed by atoms with van der Waals surface area (Å²) in [5.74, 6) is -0.573. The molecule has 25 heavy (non-hydrogen) atoms. The lowest BCUT2D eigenvalue weighted by Gasteiger charge is -2.35. The van der Waals surface area contributed by atoms with Crippen molar-refractivity contribution in [2.45, 2.75) is 39.7 Å². The maximum atomic E-state index is 13.0. The summed E-state index contributed by atoms with van der Waals surface area (Å²) in [5, 5.41) is 1.38. The van der Waals surface area contributed by atoms with Gasteiger partial charge in [-0.15, -0.1) is 0 Å². The predicted octanol–water partition coefficient (Wildman–Crippen LogP) is 4.60. The highest BCUT2D eigenvalue weighted by Gasteiger charge is 2.30. The van der Waals surface area contributed by atoms with Crippen LogP contribution in [-0.4, -0.2) is 22.4 Å². The molecule has 0 saturated heterocycles. The number of nitrogens with zero attached hydrogens (tertiary/aromatic N) is 1. The molecule has 0 bridgehead atoms. The van der Waals surface area contributed by atoms with E-state index in [-0.39, 0.29) is 11.8 Å². The molecular formula is C20H23BrN2O2. The van der Waals surface area contributed by atoms with Crippen molar-refractivity contribution in [1.82, 2.24) is 10.4 Å². The summed E-state index contributed by atoms with van der Waals surface area (Å²) in [6.45, 7) is 7.69. The summed E-state index contributed by atoms with van der Waals surface area (Å²) in [7, 11) is 0. The Labute approximate surface area is 157 Å². The van der Waals surface area contributed by atoms with Gasteiger partial charge in [0, 0.05) is 10.0 Å². The zero-order chi connectivity index (χ0) is 18.6. The van der Waals surface area contributed by atoms with Crippen LogP contribution in [0.25, 0.3) is 0 Å². The lowest BCUT2D eigenvalue weighted by molar-refractivity contribution is 0.0358. The van der Waals surface area contributed by atoms with E-state index in [1.54, 1.807) is 30.3 Å². The van der Waals surface area contributed by atoms with Crippen molar-refractivity contribution in [2.75, 3.05) is 0 Å². The molecule has 4 nitrogen and oxygen atoms in total.